The Bertz CT molecular complexity index is 430. The molecule has 0 radical (unpaired) electrons. The van der Waals surface area contributed by atoms with Crippen LogP contribution in [0.4, 0.5) is 4.39 Å². The van der Waals surface area contributed by atoms with Crippen LogP contribution in [0.25, 0.3) is 10.9 Å². The minimum atomic E-state index is -0.417. The lowest BCUT2D eigenvalue weighted by molar-refractivity contribution is 0.636. The predicted molar refractivity (Wildman–Crippen MR) is 44.5 cm³/mol. The van der Waals surface area contributed by atoms with Gasteiger partial charge in [0.15, 0.2) is 5.82 Å². The van der Waals surface area contributed by atoms with Crippen LogP contribution in [0.5, 0.6) is 0 Å². The van der Waals surface area contributed by atoms with Crippen molar-refractivity contribution >= 4 is 22.5 Å². The maximum atomic E-state index is 13.1. The minimum absolute atomic E-state index is 0.300. The normalized spacial score (nSPS) is 10.5. The Hall–Kier alpha value is -1.22. The van der Waals surface area contributed by atoms with Crippen LogP contribution >= 0.6 is 11.6 Å². The zero-order valence-corrected chi connectivity index (χ0v) is 6.72. The number of hydrogen-bond donors (Lipinski definition) is 0. The Morgan fingerprint density at radius 3 is 3.00 bits per heavy atom. The predicted octanol–water partition coefficient (Wildman–Crippen LogP) is 2.42. The van der Waals surface area contributed by atoms with E-state index in [9.17, 15) is 4.39 Å². The van der Waals surface area contributed by atoms with Crippen LogP contribution in [0.1, 0.15) is 0 Å². The highest BCUT2D eigenvalue weighted by Crippen LogP contribution is 2.19. The van der Waals surface area contributed by atoms with Crippen LogP contribution in [0.2, 0.25) is 5.02 Å². The molecule has 0 N–H and O–H groups in total. The fourth-order valence-electron chi connectivity index (χ4n) is 1.03. The first kappa shape index (κ1) is 7.43. The number of benzene rings is 1. The third kappa shape index (κ3) is 1.12. The molecular weight excluding hydrogens is 179 g/mol. The van der Waals surface area contributed by atoms with Gasteiger partial charge in [0, 0.05) is 16.6 Å². The average Bonchev–Trinajstić information content (AvgIpc) is 2.04. The molecule has 0 fully saturated rings. The lowest BCUT2D eigenvalue weighted by Gasteiger charge is -1.97. The fraction of sp³-hybridized carbons (Fsp3) is 0. The first-order chi connectivity index (χ1) is 5.77. The number of aromatic nitrogens is 2. The number of nitrogens with zero attached hydrogens (tertiary/aromatic N) is 2. The summed E-state index contributed by atoms with van der Waals surface area (Å²) in [6.07, 6.45) is 2.83. The van der Waals surface area contributed by atoms with E-state index in [2.05, 4.69) is 9.97 Å². The molecule has 0 amide bonds. The van der Waals surface area contributed by atoms with Crippen molar-refractivity contribution in [3.8, 4) is 0 Å². The Balaban J connectivity index is 2.89. The first-order valence-electron chi connectivity index (χ1n) is 3.32. The molecule has 0 atom stereocenters. The minimum Gasteiger partial charge on any atom is -0.244 e. The van der Waals surface area contributed by atoms with Crippen molar-refractivity contribution in [1.82, 2.24) is 9.97 Å². The number of rotatable bonds is 0. The maximum absolute atomic E-state index is 13.1. The second-order valence-electron chi connectivity index (χ2n) is 2.35. The second-order valence-corrected chi connectivity index (χ2v) is 2.78. The standard InChI is InChI=1S/C8H4ClFN2/c9-6-1-5-3-11-4-12-8(5)7(10)2-6/h1-4H. The molecular formula is C8H4ClFN2. The topological polar surface area (TPSA) is 25.8 Å². The van der Waals surface area contributed by atoms with Gasteiger partial charge in [-0.25, -0.2) is 14.4 Å². The largest absolute Gasteiger partial charge is 0.244 e. The number of hydrogen-bond acceptors (Lipinski definition) is 2. The van der Waals surface area contributed by atoms with Gasteiger partial charge in [0.25, 0.3) is 0 Å². The Morgan fingerprint density at radius 1 is 1.33 bits per heavy atom. The van der Waals surface area contributed by atoms with Crippen molar-refractivity contribution in [2.24, 2.45) is 0 Å². The molecule has 2 nitrogen and oxygen atoms in total. The van der Waals surface area contributed by atoms with Gasteiger partial charge in [0.1, 0.15) is 11.8 Å². The average molecular weight is 183 g/mol. The summed E-state index contributed by atoms with van der Waals surface area (Å²) in [7, 11) is 0. The summed E-state index contributed by atoms with van der Waals surface area (Å²) in [5, 5.41) is 0.970. The zero-order valence-electron chi connectivity index (χ0n) is 5.96. The Labute approximate surface area is 73.0 Å². The molecule has 1 aromatic heterocycles. The molecule has 0 aliphatic heterocycles. The van der Waals surface area contributed by atoms with Crippen molar-refractivity contribution in [3.63, 3.8) is 0 Å². The van der Waals surface area contributed by atoms with E-state index in [0.29, 0.717) is 15.9 Å². The van der Waals surface area contributed by atoms with Crippen LogP contribution in [0.15, 0.2) is 24.7 Å². The molecule has 2 rings (SSSR count). The summed E-state index contributed by atoms with van der Waals surface area (Å²) in [4.78, 5) is 7.54. The Kier molecular flexibility index (Phi) is 1.66. The summed E-state index contributed by atoms with van der Waals surface area (Å²) in [5.74, 6) is -0.417. The van der Waals surface area contributed by atoms with E-state index in [1.807, 2.05) is 0 Å². The number of halogens is 2. The van der Waals surface area contributed by atoms with Crippen molar-refractivity contribution in [3.05, 3.63) is 35.5 Å². The zero-order chi connectivity index (χ0) is 8.55. The van der Waals surface area contributed by atoms with E-state index in [0.717, 1.165) is 0 Å². The fourth-order valence-corrected chi connectivity index (χ4v) is 1.24. The van der Waals surface area contributed by atoms with Gasteiger partial charge in [-0.05, 0) is 12.1 Å². The lowest BCUT2D eigenvalue weighted by atomic mass is 10.2. The van der Waals surface area contributed by atoms with E-state index < -0.39 is 5.82 Å². The van der Waals surface area contributed by atoms with E-state index in [4.69, 9.17) is 11.6 Å². The lowest BCUT2D eigenvalue weighted by Crippen LogP contribution is -1.85. The van der Waals surface area contributed by atoms with Crippen LogP contribution in [-0.2, 0) is 0 Å². The van der Waals surface area contributed by atoms with Gasteiger partial charge < -0.3 is 0 Å². The van der Waals surface area contributed by atoms with Crippen LogP contribution < -0.4 is 0 Å². The molecule has 0 unspecified atom stereocenters. The molecule has 0 saturated carbocycles. The van der Waals surface area contributed by atoms with Gasteiger partial charge in [0.2, 0.25) is 0 Å². The van der Waals surface area contributed by atoms with Crippen molar-refractivity contribution in [2.45, 2.75) is 0 Å². The SMILES string of the molecule is Fc1cc(Cl)cc2cncnc12. The highest BCUT2D eigenvalue weighted by atomic mass is 35.5. The molecule has 0 bridgehead atoms. The van der Waals surface area contributed by atoms with E-state index in [-0.39, 0.29) is 0 Å². The highest BCUT2D eigenvalue weighted by molar-refractivity contribution is 6.31. The second kappa shape index (κ2) is 2.68. The number of fused-ring (bicyclic) bond motifs is 1. The van der Waals surface area contributed by atoms with Gasteiger partial charge >= 0.3 is 0 Å². The van der Waals surface area contributed by atoms with Crippen molar-refractivity contribution in [2.75, 3.05) is 0 Å². The van der Waals surface area contributed by atoms with E-state index >= 15 is 0 Å². The van der Waals surface area contributed by atoms with Gasteiger partial charge in [0.05, 0.1) is 0 Å². The summed E-state index contributed by atoms with van der Waals surface area (Å²) in [6.45, 7) is 0. The maximum Gasteiger partial charge on any atom is 0.151 e. The molecule has 60 valence electrons. The third-order valence-corrected chi connectivity index (χ3v) is 1.74. The van der Waals surface area contributed by atoms with E-state index in [1.54, 1.807) is 6.07 Å². The monoisotopic (exact) mass is 182 g/mol. The molecule has 4 heteroatoms. The molecule has 0 spiro atoms. The van der Waals surface area contributed by atoms with Gasteiger partial charge in [-0.2, -0.15) is 0 Å². The summed E-state index contributed by atoms with van der Waals surface area (Å²) in [6, 6.07) is 2.86. The summed E-state index contributed by atoms with van der Waals surface area (Å²) < 4.78 is 13.1. The molecule has 1 aromatic carbocycles. The van der Waals surface area contributed by atoms with Gasteiger partial charge in [-0.1, -0.05) is 11.6 Å². The Morgan fingerprint density at radius 2 is 2.17 bits per heavy atom. The molecule has 0 saturated heterocycles. The van der Waals surface area contributed by atoms with Gasteiger partial charge in [-0.3, -0.25) is 0 Å². The van der Waals surface area contributed by atoms with Crippen LogP contribution in [0, 0.1) is 5.82 Å². The third-order valence-electron chi connectivity index (χ3n) is 1.52. The molecule has 1 heterocycles. The first-order valence-corrected chi connectivity index (χ1v) is 3.70. The van der Waals surface area contributed by atoms with E-state index in [1.165, 1.54) is 18.6 Å². The summed E-state index contributed by atoms with van der Waals surface area (Å²) >= 11 is 5.63. The van der Waals surface area contributed by atoms with Crippen molar-refractivity contribution < 1.29 is 4.39 Å². The summed E-state index contributed by atoms with van der Waals surface area (Å²) in [5.41, 5.74) is 0.300. The van der Waals surface area contributed by atoms with Gasteiger partial charge in [-0.15, -0.1) is 0 Å². The highest BCUT2D eigenvalue weighted by Gasteiger charge is 2.02. The molecule has 0 aliphatic rings. The quantitative estimate of drug-likeness (QED) is 0.625. The van der Waals surface area contributed by atoms with Crippen molar-refractivity contribution in [1.29, 1.82) is 0 Å². The molecule has 0 aliphatic carbocycles. The molecule has 2 aromatic rings. The van der Waals surface area contributed by atoms with Crippen LogP contribution in [-0.4, -0.2) is 9.97 Å². The van der Waals surface area contributed by atoms with Crippen LogP contribution in [0.3, 0.4) is 0 Å². The molecule has 12 heavy (non-hydrogen) atoms. The smallest absolute Gasteiger partial charge is 0.151 e.